The molecule has 1 N–H and O–H groups in total. The van der Waals surface area contributed by atoms with E-state index in [0.717, 1.165) is 21.3 Å². The van der Waals surface area contributed by atoms with Crippen LogP contribution in [0.1, 0.15) is 27.7 Å². The molecule has 1 aliphatic rings. The fraction of sp³-hybridized carbons (Fsp3) is 0.207. The van der Waals surface area contributed by atoms with Crippen molar-refractivity contribution in [1.29, 1.82) is 0 Å². The normalized spacial score (nSPS) is 16.8. The zero-order chi connectivity index (χ0) is 27.1. The van der Waals surface area contributed by atoms with E-state index in [1.165, 1.54) is 30.5 Å². The lowest BCUT2D eigenvalue weighted by atomic mass is 9.94. The second-order valence-corrected chi connectivity index (χ2v) is 10.0. The predicted molar refractivity (Wildman–Crippen MR) is 146 cm³/mol. The van der Waals surface area contributed by atoms with Crippen molar-refractivity contribution in [3.05, 3.63) is 81.9 Å². The summed E-state index contributed by atoms with van der Waals surface area (Å²) in [6.07, 6.45) is 0. The van der Waals surface area contributed by atoms with Crippen molar-refractivity contribution in [2.75, 3.05) is 26.2 Å². The summed E-state index contributed by atoms with van der Waals surface area (Å²) in [5.74, 6) is -0.220. The van der Waals surface area contributed by atoms with Crippen LogP contribution in [-0.4, -0.2) is 43.1 Å². The Kier molecular flexibility index (Phi) is 6.54. The molecule has 0 radical (unpaired) electrons. The fourth-order valence-electron chi connectivity index (χ4n) is 4.59. The van der Waals surface area contributed by atoms with Gasteiger partial charge in [-0.3, -0.25) is 14.5 Å². The number of carbonyl (C=O) groups is 2. The highest BCUT2D eigenvalue weighted by Crippen LogP contribution is 2.47. The summed E-state index contributed by atoms with van der Waals surface area (Å²) < 4.78 is 16.4. The lowest BCUT2D eigenvalue weighted by molar-refractivity contribution is -0.132. The number of amides is 1. The summed E-state index contributed by atoms with van der Waals surface area (Å²) in [7, 11) is 4.63. The highest BCUT2D eigenvalue weighted by molar-refractivity contribution is 7.16. The number of benzene rings is 3. The van der Waals surface area contributed by atoms with E-state index in [-0.39, 0.29) is 11.3 Å². The second-order valence-electron chi connectivity index (χ2n) is 8.84. The molecular weight excluding hydrogens is 504 g/mol. The van der Waals surface area contributed by atoms with Crippen molar-refractivity contribution in [2.24, 2.45) is 0 Å². The van der Waals surface area contributed by atoms with Gasteiger partial charge in [-0.05, 0) is 61.0 Å². The van der Waals surface area contributed by atoms with E-state index in [2.05, 4.69) is 4.98 Å². The van der Waals surface area contributed by atoms with E-state index in [4.69, 9.17) is 14.2 Å². The number of ether oxygens (including phenoxy) is 3. The van der Waals surface area contributed by atoms with Gasteiger partial charge in [0.1, 0.15) is 29.0 Å². The topological polar surface area (TPSA) is 98.2 Å². The molecule has 194 valence electrons. The van der Waals surface area contributed by atoms with Crippen LogP contribution < -0.4 is 19.1 Å². The van der Waals surface area contributed by atoms with Gasteiger partial charge in [-0.15, -0.1) is 11.3 Å². The summed E-state index contributed by atoms with van der Waals surface area (Å²) in [6.45, 7) is 3.75. The molecule has 0 bridgehead atoms. The minimum atomic E-state index is -0.989. The van der Waals surface area contributed by atoms with Crippen LogP contribution in [-0.2, 0) is 9.59 Å². The molecule has 3 aromatic carbocycles. The van der Waals surface area contributed by atoms with Crippen LogP contribution in [0.4, 0.5) is 5.13 Å². The third-order valence-electron chi connectivity index (χ3n) is 6.72. The fourth-order valence-corrected chi connectivity index (χ4v) is 5.53. The Morgan fingerprint density at radius 1 is 0.895 bits per heavy atom. The van der Waals surface area contributed by atoms with Gasteiger partial charge < -0.3 is 19.3 Å². The molecule has 0 aliphatic carbocycles. The van der Waals surface area contributed by atoms with E-state index in [0.29, 0.717) is 33.5 Å². The first-order chi connectivity index (χ1) is 18.3. The van der Waals surface area contributed by atoms with E-state index in [1.54, 1.807) is 37.4 Å². The molecule has 8 nitrogen and oxygen atoms in total. The van der Waals surface area contributed by atoms with Gasteiger partial charge in [0.25, 0.3) is 5.78 Å². The van der Waals surface area contributed by atoms with Crippen molar-refractivity contribution < 1.29 is 28.9 Å². The van der Waals surface area contributed by atoms with Crippen LogP contribution in [0.15, 0.2) is 60.2 Å². The Balaban J connectivity index is 1.76. The molecule has 1 amide bonds. The van der Waals surface area contributed by atoms with Crippen molar-refractivity contribution in [1.82, 2.24) is 4.98 Å². The number of fused-ring (bicyclic) bond motifs is 1. The van der Waals surface area contributed by atoms with E-state index in [9.17, 15) is 14.7 Å². The summed E-state index contributed by atoms with van der Waals surface area (Å²) in [5.41, 5.74) is 1.59. The van der Waals surface area contributed by atoms with Crippen LogP contribution in [0, 0.1) is 13.8 Å². The first kappa shape index (κ1) is 25.3. The van der Waals surface area contributed by atoms with Gasteiger partial charge >= 0.3 is 5.91 Å². The number of hydrogen-bond donors (Lipinski definition) is 1. The molecule has 1 saturated heterocycles. The number of Topliss-reactive ketones (excluding diaryl/α,β-unsaturated/α-hetero) is 1. The Bertz CT molecular complexity index is 1600. The molecular formula is C29H26N2O6S. The molecule has 2 heterocycles. The summed E-state index contributed by atoms with van der Waals surface area (Å²) in [4.78, 5) is 33.9. The SMILES string of the molecule is COc1ccc(OC)c(C2/C(=C(\O)c3ccc4cc(OC)ccc4c3)C(=O)C(=O)N2c2nc(C)c(C)s2)c1. The largest absolute Gasteiger partial charge is 0.507 e. The molecule has 0 spiro atoms. The Hall–Kier alpha value is -4.37. The number of aromatic nitrogens is 1. The molecule has 4 aromatic rings. The molecule has 1 aromatic heterocycles. The van der Waals surface area contributed by atoms with Crippen LogP contribution in [0.5, 0.6) is 17.2 Å². The average molecular weight is 531 g/mol. The number of hydrogen-bond acceptors (Lipinski definition) is 8. The standard InChI is InChI=1S/C29H26N2O6S/c1-15-16(2)38-29(30-15)31-25(22-14-21(36-4)10-11-23(22)37-5)24(27(33)28(31)34)26(32)19-7-6-18-13-20(35-3)9-8-17(18)12-19/h6-14,25,32H,1-5H3/b26-24+. The Morgan fingerprint density at radius 2 is 1.55 bits per heavy atom. The first-order valence-electron chi connectivity index (χ1n) is 11.8. The molecule has 1 aliphatic heterocycles. The number of ketones is 1. The molecule has 1 fully saturated rings. The number of aliphatic hydroxyl groups is 1. The maximum atomic E-state index is 13.6. The number of nitrogens with zero attached hydrogens (tertiary/aromatic N) is 2. The van der Waals surface area contributed by atoms with Crippen LogP contribution in [0.2, 0.25) is 0 Å². The lowest BCUT2D eigenvalue weighted by Gasteiger charge is -2.25. The number of rotatable bonds is 6. The van der Waals surface area contributed by atoms with Crippen molar-refractivity contribution in [3.8, 4) is 17.2 Å². The molecule has 38 heavy (non-hydrogen) atoms. The highest BCUT2D eigenvalue weighted by atomic mass is 32.1. The zero-order valence-corrected chi connectivity index (χ0v) is 22.4. The third-order valence-corrected chi connectivity index (χ3v) is 7.79. The summed E-state index contributed by atoms with van der Waals surface area (Å²) in [5, 5.41) is 13.7. The van der Waals surface area contributed by atoms with Crippen molar-refractivity contribution >= 4 is 44.7 Å². The predicted octanol–water partition coefficient (Wildman–Crippen LogP) is 5.57. The third kappa shape index (κ3) is 4.14. The number of aliphatic hydroxyl groups excluding tert-OH is 1. The molecule has 9 heteroatoms. The van der Waals surface area contributed by atoms with Gasteiger partial charge in [-0.2, -0.15) is 0 Å². The number of anilines is 1. The molecule has 0 saturated carbocycles. The number of thiazole rings is 1. The Morgan fingerprint density at radius 3 is 2.21 bits per heavy atom. The van der Waals surface area contributed by atoms with Crippen LogP contribution in [0.25, 0.3) is 16.5 Å². The number of aryl methyl sites for hydroxylation is 2. The van der Waals surface area contributed by atoms with Crippen LogP contribution >= 0.6 is 11.3 Å². The maximum Gasteiger partial charge on any atom is 0.301 e. The van der Waals surface area contributed by atoms with E-state index < -0.39 is 17.7 Å². The number of methoxy groups -OCH3 is 3. The summed E-state index contributed by atoms with van der Waals surface area (Å²) >= 11 is 1.31. The quantitative estimate of drug-likeness (QED) is 0.198. The lowest BCUT2D eigenvalue weighted by Crippen LogP contribution is -2.29. The smallest absolute Gasteiger partial charge is 0.301 e. The first-order valence-corrected chi connectivity index (χ1v) is 12.6. The molecule has 1 unspecified atom stereocenters. The highest BCUT2D eigenvalue weighted by Gasteiger charge is 2.49. The van der Waals surface area contributed by atoms with E-state index in [1.807, 2.05) is 38.1 Å². The van der Waals surface area contributed by atoms with Gasteiger partial charge in [-0.25, -0.2) is 4.98 Å². The van der Waals surface area contributed by atoms with E-state index >= 15 is 0 Å². The van der Waals surface area contributed by atoms with Crippen molar-refractivity contribution in [3.63, 3.8) is 0 Å². The minimum Gasteiger partial charge on any atom is -0.507 e. The molecule has 1 atom stereocenters. The Labute approximate surface area is 223 Å². The van der Waals surface area contributed by atoms with Gasteiger partial charge in [0, 0.05) is 16.0 Å². The van der Waals surface area contributed by atoms with Gasteiger partial charge in [-0.1, -0.05) is 18.2 Å². The molecule has 5 rings (SSSR count). The van der Waals surface area contributed by atoms with Gasteiger partial charge in [0.05, 0.1) is 32.6 Å². The summed E-state index contributed by atoms with van der Waals surface area (Å²) in [6, 6.07) is 15.0. The zero-order valence-electron chi connectivity index (χ0n) is 21.6. The maximum absolute atomic E-state index is 13.6. The van der Waals surface area contributed by atoms with Gasteiger partial charge in [0.2, 0.25) is 0 Å². The van der Waals surface area contributed by atoms with Gasteiger partial charge in [0.15, 0.2) is 5.13 Å². The van der Waals surface area contributed by atoms with Crippen LogP contribution in [0.3, 0.4) is 0 Å². The number of carbonyl (C=O) groups excluding carboxylic acids is 2. The van der Waals surface area contributed by atoms with Crippen molar-refractivity contribution in [2.45, 2.75) is 19.9 Å². The minimum absolute atomic E-state index is 0.0556. The monoisotopic (exact) mass is 530 g/mol. The second kappa shape index (κ2) is 9.83. The average Bonchev–Trinajstić information content (AvgIpc) is 3.41.